The summed E-state index contributed by atoms with van der Waals surface area (Å²) >= 11 is 0. The number of aromatic nitrogens is 1. The van der Waals surface area contributed by atoms with Gasteiger partial charge in [-0.2, -0.15) is 0 Å². The second kappa shape index (κ2) is 9.06. The molecule has 0 spiro atoms. The van der Waals surface area contributed by atoms with Crippen LogP contribution in [0.1, 0.15) is 22.7 Å². The number of rotatable bonds is 5. The molecule has 3 aromatic carbocycles. The normalized spacial score (nSPS) is 17.2. The van der Waals surface area contributed by atoms with E-state index in [4.69, 9.17) is 0 Å². The minimum atomic E-state index is -0.724. The van der Waals surface area contributed by atoms with Crippen molar-refractivity contribution in [3.05, 3.63) is 114 Å². The Bertz CT molecular complexity index is 1440. The molecule has 4 aromatic rings. The van der Waals surface area contributed by atoms with Crippen molar-refractivity contribution in [3.8, 4) is 0 Å². The van der Waals surface area contributed by atoms with E-state index in [9.17, 15) is 14.7 Å². The molecular weight excluding hydrogens is 438 g/mol. The second-order valence-electron chi connectivity index (χ2n) is 8.84. The lowest BCUT2D eigenvalue weighted by Gasteiger charge is -2.26. The molecule has 0 radical (unpaired) electrons. The van der Waals surface area contributed by atoms with Crippen molar-refractivity contribution in [2.24, 2.45) is 0 Å². The maximum absolute atomic E-state index is 13.3. The fraction of sp³-hybridized carbons (Fsp3) is 0.138. The van der Waals surface area contributed by atoms with E-state index in [1.807, 2.05) is 85.7 Å². The van der Waals surface area contributed by atoms with Crippen LogP contribution < -0.4 is 4.90 Å². The molecule has 1 aliphatic rings. The van der Waals surface area contributed by atoms with Crippen molar-refractivity contribution in [1.82, 2.24) is 9.88 Å². The third-order valence-electron chi connectivity index (χ3n) is 6.36. The van der Waals surface area contributed by atoms with Crippen molar-refractivity contribution in [1.29, 1.82) is 0 Å². The number of benzene rings is 3. The number of aliphatic hydroxyl groups is 1. The van der Waals surface area contributed by atoms with Gasteiger partial charge in [0.15, 0.2) is 0 Å². The maximum atomic E-state index is 13.3. The van der Waals surface area contributed by atoms with Crippen molar-refractivity contribution in [3.63, 3.8) is 0 Å². The Morgan fingerprint density at radius 3 is 2.37 bits per heavy atom. The third-order valence-corrected chi connectivity index (χ3v) is 6.36. The van der Waals surface area contributed by atoms with Crippen LogP contribution in [0.2, 0.25) is 0 Å². The molecule has 1 atom stereocenters. The van der Waals surface area contributed by atoms with E-state index in [0.717, 1.165) is 27.6 Å². The zero-order chi connectivity index (χ0) is 24.5. The summed E-state index contributed by atoms with van der Waals surface area (Å²) in [5, 5.41) is 13.3. The molecule has 1 aromatic heterocycles. The molecule has 2 heterocycles. The second-order valence-corrected chi connectivity index (χ2v) is 8.84. The first-order chi connectivity index (χ1) is 16.9. The third kappa shape index (κ3) is 4.15. The first-order valence-electron chi connectivity index (χ1n) is 11.4. The van der Waals surface area contributed by atoms with Crippen LogP contribution in [0.5, 0.6) is 0 Å². The van der Waals surface area contributed by atoms with Crippen molar-refractivity contribution >= 4 is 33.9 Å². The monoisotopic (exact) mass is 463 g/mol. The number of amides is 1. The van der Waals surface area contributed by atoms with E-state index >= 15 is 0 Å². The summed E-state index contributed by atoms with van der Waals surface area (Å²) in [5.41, 5.74) is 3.13. The predicted octanol–water partition coefficient (Wildman–Crippen LogP) is 4.92. The van der Waals surface area contributed by atoms with Crippen LogP contribution >= 0.6 is 0 Å². The summed E-state index contributed by atoms with van der Waals surface area (Å²) in [6.07, 6.45) is 3.34. The largest absolute Gasteiger partial charge is 0.507 e. The lowest BCUT2D eigenvalue weighted by Crippen LogP contribution is -2.29. The molecule has 174 valence electrons. The van der Waals surface area contributed by atoms with Gasteiger partial charge in [0.1, 0.15) is 5.76 Å². The van der Waals surface area contributed by atoms with Crippen molar-refractivity contribution in [2.45, 2.75) is 12.6 Å². The van der Waals surface area contributed by atoms with Crippen LogP contribution in [0.15, 0.2) is 96.8 Å². The summed E-state index contributed by atoms with van der Waals surface area (Å²) in [7, 11) is 3.90. The van der Waals surface area contributed by atoms with Gasteiger partial charge in [0.05, 0.1) is 11.6 Å². The molecule has 1 saturated heterocycles. The zero-order valence-corrected chi connectivity index (χ0v) is 19.6. The van der Waals surface area contributed by atoms with Crippen molar-refractivity contribution < 1.29 is 14.7 Å². The van der Waals surface area contributed by atoms with Crippen LogP contribution in [0.4, 0.5) is 5.69 Å². The van der Waals surface area contributed by atoms with E-state index in [0.29, 0.717) is 5.56 Å². The fourth-order valence-corrected chi connectivity index (χ4v) is 4.52. The number of hydrogen-bond acceptors (Lipinski definition) is 5. The summed E-state index contributed by atoms with van der Waals surface area (Å²) in [6, 6.07) is 23.9. The summed E-state index contributed by atoms with van der Waals surface area (Å²) < 4.78 is 0. The van der Waals surface area contributed by atoms with Crippen LogP contribution in [0, 0.1) is 0 Å². The van der Waals surface area contributed by atoms with Gasteiger partial charge in [-0.25, -0.2) is 0 Å². The van der Waals surface area contributed by atoms with Gasteiger partial charge in [-0.1, -0.05) is 54.6 Å². The lowest BCUT2D eigenvalue weighted by atomic mass is 9.94. The number of likely N-dealkylation sites (tertiary alicyclic amines) is 1. The van der Waals surface area contributed by atoms with Crippen LogP contribution in [-0.2, 0) is 16.1 Å². The molecule has 0 saturated carbocycles. The standard InChI is InChI=1S/C29H25N3O3/c1-31(2)24-13-11-21(12-14-24)26-25(27(33)23-10-9-20-7-3-4-8-22(20)16-23)28(34)29(35)32(26)18-19-6-5-15-30-17-19/h3-17,26,33H,18H2,1-2H3/b27-25-. The quantitative estimate of drug-likeness (QED) is 0.258. The highest BCUT2D eigenvalue weighted by Gasteiger charge is 2.46. The Labute approximate surface area is 203 Å². The molecule has 1 N–H and O–H groups in total. The van der Waals surface area contributed by atoms with Gasteiger partial charge in [0, 0.05) is 44.3 Å². The van der Waals surface area contributed by atoms with Gasteiger partial charge in [0.2, 0.25) is 0 Å². The maximum Gasteiger partial charge on any atom is 0.295 e. The smallest absolute Gasteiger partial charge is 0.295 e. The van der Waals surface area contributed by atoms with Gasteiger partial charge < -0.3 is 14.9 Å². The van der Waals surface area contributed by atoms with E-state index in [2.05, 4.69) is 4.98 Å². The van der Waals surface area contributed by atoms with Gasteiger partial charge in [-0.15, -0.1) is 0 Å². The number of anilines is 1. The molecule has 6 nitrogen and oxygen atoms in total. The molecular formula is C29H25N3O3. The molecule has 1 fully saturated rings. The van der Waals surface area contributed by atoms with E-state index in [1.165, 1.54) is 4.90 Å². The lowest BCUT2D eigenvalue weighted by molar-refractivity contribution is -0.140. The first-order valence-corrected chi connectivity index (χ1v) is 11.4. The SMILES string of the molecule is CN(C)c1ccc(C2/C(=C(/O)c3ccc4ccccc4c3)C(=O)C(=O)N2Cc2cccnc2)cc1. The molecule has 1 aliphatic heterocycles. The topological polar surface area (TPSA) is 73.7 Å². The van der Waals surface area contributed by atoms with E-state index in [-0.39, 0.29) is 17.9 Å². The van der Waals surface area contributed by atoms with Gasteiger partial charge >= 0.3 is 0 Å². The van der Waals surface area contributed by atoms with Crippen molar-refractivity contribution in [2.75, 3.05) is 19.0 Å². The molecule has 5 rings (SSSR count). The highest BCUT2D eigenvalue weighted by atomic mass is 16.3. The highest BCUT2D eigenvalue weighted by Crippen LogP contribution is 2.41. The molecule has 0 bridgehead atoms. The number of fused-ring (bicyclic) bond motifs is 1. The number of carbonyl (C=O) groups excluding carboxylic acids is 2. The van der Waals surface area contributed by atoms with Gasteiger partial charge in [-0.05, 0) is 46.2 Å². The molecule has 6 heteroatoms. The Kier molecular flexibility index (Phi) is 5.79. The van der Waals surface area contributed by atoms with Crippen LogP contribution in [-0.4, -0.2) is 40.8 Å². The average Bonchev–Trinajstić information content (AvgIpc) is 3.13. The molecule has 1 unspecified atom stereocenters. The Balaban J connectivity index is 1.65. The summed E-state index contributed by atoms with van der Waals surface area (Å²) in [4.78, 5) is 34.2. The number of carbonyl (C=O) groups is 2. The predicted molar refractivity (Wildman–Crippen MR) is 137 cm³/mol. The molecule has 0 aliphatic carbocycles. The van der Waals surface area contributed by atoms with Crippen LogP contribution in [0.25, 0.3) is 16.5 Å². The molecule has 35 heavy (non-hydrogen) atoms. The Morgan fingerprint density at radius 1 is 0.943 bits per heavy atom. The molecule has 1 amide bonds. The Morgan fingerprint density at radius 2 is 1.69 bits per heavy atom. The highest BCUT2D eigenvalue weighted by molar-refractivity contribution is 6.46. The zero-order valence-electron chi connectivity index (χ0n) is 19.6. The van der Waals surface area contributed by atoms with Gasteiger partial charge in [-0.3, -0.25) is 14.6 Å². The minimum absolute atomic E-state index is 0.0896. The minimum Gasteiger partial charge on any atom is -0.507 e. The number of Topliss-reactive ketones (excluding diaryl/α,β-unsaturated/α-hetero) is 1. The van der Waals surface area contributed by atoms with E-state index in [1.54, 1.807) is 24.5 Å². The number of aliphatic hydroxyl groups excluding tert-OH is 1. The number of pyridine rings is 1. The first kappa shape index (κ1) is 22.3. The number of hydrogen-bond donors (Lipinski definition) is 1. The average molecular weight is 464 g/mol. The van der Waals surface area contributed by atoms with E-state index < -0.39 is 17.7 Å². The number of ketones is 1. The van der Waals surface area contributed by atoms with Crippen LogP contribution in [0.3, 0.4) is 0 Å². The summed E-state index contributed by atoms with van der Waals surface area (Å²) in [6.45, 7) is 0.201. The summed E-state index contributed by atoms with van der Waals surface area (Å²) in [5.74, 6) is -1.51. The Hall–Kier alpha value is -4.45. The number of nitrogens with zero attached hydrogens (tertiary/aromatic N) is 3. The fourth-order valence-electron chi connectivity index (χ4n) is 4.52. The van der Waals surface area contributed by atoms with Gasteiger partial charge in [0.25, 0.3) is 11.7 Å².